The van der Waals surface area contributed by atoms with Gasteiger partial charge in [0, 0.05) is 17.9 Å². The van der Waals surface area contributed by atoms with Crippen LogP contribution in [0.5, 0.6) is 0 Å². The van der Waals surface area contributed by atoms with Crippen LogP contribution >= 0.6 is 0 Å². The molecule has 27 heavy (non-hydrogen) atoms. The van der Waals surface area contributed by atoms with Gasteiger partial charge < -0.3 is 9.64 Å². The minimum atomic E-state index is -0.529. The Kier molecular flexibility index (Phi) is 5.05. The molecule has 0 atom stereocenters. The first kappa shape index (κ1) is 17.5. The number of benzene rings is 1. The van der Waals surface area contributed by atoms with Gasteiger partial charge in [0.25, 0.3) is 5.91 Å². The van der Waals surface area contributed by atoms with Gasteiger partial charge in [-0.15, -0.1) is 0 Å². The second-order valence-corrected chi connectivity index (χ2v) is 7.02. The third kappa shape index (κ3) is 4.10. The van der Waals surface area contributed by atoms with E-state index in [4.69, 9.17) is 4.74 Å². The summed E-state index contributed by atoms with van der Waals surface area (Å²) in [5, 5.41) is 4.19. The maximum Gasteiger partial charge on any atom is 0.341 e. The Morgan fingerprint density at radius 2 is 2.00 bits per heavy atom. The van der Waals surface area contributed by atoms with Gasteiger partial charge in [-0.3, -0.25) is 4.79 Å². The van der Waals surface area contributed by atoms with Crippen LogP contribution in [0.3, 0.4) is 0 Å². The predicted octanol–water partition coefficient (Wildman–Crippen LogP) is 3.48. The van der Waals surface area contributed by atoms with E-state index in [-0.39, 0.29) is 18.6 Å². The standard InChI is InChI=1S/C21H23N3O3/c25-20(24(19-11-12-19)18-9-5-2-6-10-18)15-27-21(26)16-13-22-23(14-16)17-7-3-1-4-8-17/h1,3-4,7-9,13-14,19H,2,5-6,10-12,15H2. The minimum absolute atomic E-state index is 0.130. The summed E-state index contributed by atoms with van der Waals surface area (Å²) in [5.74, 6) is -0.659. The van der Waals surface area contributed by atoms with E-state index in [0.717, 1.165) is 43.5 Å². The molecule has 2 aromatic rings. The molecule has 0 N–H and O–H groups in total. The van der Waals surface area contributed by atoms with E-state index in [0.29, 0.717) is 5.56 Å². The molecule has 0 aliphatic heterocycles. The average Bonchev–Trinajstić information content (AvgIpc) is 3.41. The van der Waals surface area contributed by atoms with Crippen LogP contribution in [0.1, 0.15) is 48.9 Å². The molecule has 0 radical (unpaired) electrons. The zero-order valence-electron chi connectivity index (χ0n) is 15.2. The van der Waals surface area contributed by atoms with Crippen molar-refractivity contribution >= 4 is 11.9 Å². The summed E-state index contributed by atoms with van der Waals surface area (Å²) in [7, 11) is 0. The van der Waals surface area contributed by atoms with Crippen LogP contribution in [0.2, 0.25) is 0 Å². The smallest absolute Gasteiger partial charge is 0.341 e. The summed E-state index contributed by atoms with van der Waals surface area (Å²) in [6.07, 6.45) is 11.5. The van der Waals surface area contributed by atoms with Crippen LogP contribution in [-0.2, 0) is 9.53 Å². The highest BCUT2D eigenvalue weighted by molar-refractivity contribution is 5.91. The molecule has 1 saturated carbocycles. The summed E-state index contributed by atoms with van der Waals surface area (Å²) in [6, 6.07) is 9.80. The molecule has 0 spiro atoms. The van der Waals surface area contributed by atoms with Crippen molar-refractivity contribution in [3.8, 4) is 5.69 Å². The van der Waals surface area contributed by atoms with E-state index in [2.05, 4.69) is 11.2 Å². The van der Waals surface area contributed by atoms with Gasteiger partial charge in [0.15, 0.2) is 6.61 Å². The highest BCUT2D eigenvalue weighted by atomic mass is 16.5. The van der Waals surface area contributed by atoms with Crippen LogP contribution in [0.4, 0.5) is 0 Å². The summed E-state index contributed by atoms with van der Waals surface area (Å²) < 4.78 is 6.89. The van der Waals surface area contributed by atoms with Crippen molar-refractivity contribution in [1.82, 2.24) is 14.7 Å². The van der Waals surface area contributed by atoms with E-state index in [1.165, 1.54) is 12.6 Å². The second-order valence-electron chi connectivity index (χ2n) is 7.02. The summed E-state index contributed by atoms with van der Waals surface area (Å²) in [4.78, 5) is 26.9. The molecular formula is C21H23N3O3. The van der Waals surface area contributed by atoms with Crippen molar-refractivity contribution in [1.29, 1.82) is 0 Å². The van der Waals surface area contributed by atoms with Gasteiger partial charge in [0.05, 0.1) is 17.4 Å². The fourth-order valence-corrected chi connectivity index (χ4v) is 3.40. The third-order valence-corrected chi connectivity index (χ3v) is 4.92. The maximum absolute atomic E-state index is 12.7. The molecule has 1 amide bonds. The highest BCUT2D eigenvalue weighted by Gasteiger charge is 2.35. The molecule has 0 unspecified atom stereocenters. The number of hydrogen-bond acceptors (Lipinski definition) is 4. The molecule has 1 aromatic carbocycles. The lowest BCUT2D eigenvalue weighted by atomic mass is 10.0. The molecule has 6 heteroatoms. The van der Waals surface area contributed by atoms with Gasteiger partial charge in [0.2, 0.25) is 0 Å². The normalized spacial score (nSPS) is 16.5. The van der Waals surface area contributed by atoms with E-state index < -0.39 is 5.97 Å². The lowest BCUT2D eigenvalue weighted by molar-refractivity contribution is -0.133. The Bertz CT molecular complexity index is 853. The predicted molar refractivity (Wildman–Crippen MR) is 100 cm³/mol. The van der Waals surface area contributed by atoms with Gasteiger partial charge >= 0.3 is 5.97 Å². The topological polar surface area (TPSA) is 64.4 Å². The molecule has 2 aliphatic carbocycles. The van der Waals surface area contributed by atoms with Crippen LogP contribution in [-0.4, -0.2) is 39.2 Å². The van der Waals surface area contributed by atoms with Crippen LogP contribution in [0, 0.1) is 0 Å². The van der Waals surface area contributed by atoms with Gasteiger partial charge in [-0.25, -0.2) is 9.48 Å². The quantitative estimate of drug-likeness (QED) is 0.735. The van der Waals surface area contributed by atoms with Crippen molar-refractivity contribution in [3.05, 3.63) is 60.1 Å². The molecule has 140 valence electrons. The Balaban J connectivity index is 1.38. The Labute approximate surface area is 158 Å². The van der Waals surface area contributed by atoms with Gasteiger partial charge in [-0.2, -0.15) is 5.10 Å². The summed E-state index contributed by atoms with van der Waals surface area (Å²) in [5.41, 5.74) is 2.29. The number of carbonyl (C=O) groups is 2. The monoisotopic (exact) mass is 365 g/mol. The number of carbonyl (C=O) groups excluding carboxylic acids is 2. The molecule has 1 heterocycles. The number of allylic oxidation sites excluding steroid dienone is 2. The fourth-order valence-electron chi connectivity index (χ4n) is 3.40. The zero-order valence-corrected chi connectivity index (χ0v) is 15.2. The van der Waals surface area contributed by atoms with E-state index in [1.807, 2.05) is 35.2 Å². The highest BCUT2D eigenvalue weighted by Crippen LogP contribution is 2.33. The van der Waals surface area contributed by atoms with E-state index in [9.17, 15) is 9.59 Å². The van der Waals surface area contributed by atoms with Gasteiger partial charge in [-0.05, 0) is 50.7 Å². The largest absolute Gasteiger partial charge is 0.452 e. The molecule has 6 nitrogen and oxygen atoms in total. The van der Waals surface area contributed by atoms with Crippen molar-refractivity contribution < 1.29 is 14.3 Å². The molecule has 2 aliphatic rings. The van der Waals surface area contributed by atoms with Crippen molar-refractivity contribution in [3.63, 3.8) is 0 Å². The minimum Gasteiger partial charge on any atom is -0.452 e. The van der Waals surface area contributed by atoms with E-state index in [1.54, 1.807) is 10.9 Å². The van der Waals surface area contributed by atoms with E-state index >= 15 is 0 Å². The number of amides is 1. The maximum atomic E-state index is 12.7. The molecule has 4 rings (SSSR count). The number of nitrogens with zero attached hydrogens (tertiary/aromatic N) is 3. The number of esters is 1. The van der Waals surface area contributed by atoms with Crippen molar-refractivity contribution in [2.45, 2.75) is 44.6 Å². The molecule has 0 saturated heterocycles. The van der Waals surface area contributed by atoms with Crippen LogP contribution in [0.15, 0.2) is 54.5 Å². The zero-order chi connectivity index (χ0) is 18.6. The molecular weight excluding hydrogens is 342 g/mol. The first-order valence-electron chi connectivity index (χ1n) is 9.51. The SMILES string of the molecule is O=C(OCC(=O)N(C1=CCCCC1)C1CC1)c1cnn(-c2ccccc2)c1. The summed E-state index contributed by atoms with van der Waals surface area (Å²) in [6.45, 7) is -0.233. The van der Waals surface area contributed by atoms with Crippen molar-refractivity contribution in [2.24, 2.45) is 0 Å². The summed E-state index contributed by atoms with van der Waals surface area (Å²) >= 11 is 0. The van der Waals surface area contributed by atoms with Gasteiger partial charge in [-0.1, -0.05) is 24.3 Å². The Morgan fingerprint density at radius 3 is 2.70 bits per heavy atom. The lowest BCUT2D eigenvalue weighted by Crippen LogP contribution is -2.36. The number of aromatic nitrogens is 2. The molecule has 0 bridgehead atoms. The van der Waals surface area contributed by atoms with Crippen LogP contribution < -0.4 is 0 Å². The third-order valence-electron chi connectivity index (χ3n) is 4.92. The van der Waals surface area contributed by atoms with Crippen molar-refractivity contribution in [2.75, 3.05) is 6.61 Å². The number of hydrogen-bond donors (Lipinski definition) is 0. The number of para-hydroxylation sites is 1. The number of ether oxygens (including phenoxy) is 1. The lowest BCUT2D eigenvalue weighted by Gasteiger charge is -2.27. The second kappa shape index (κ2) is 7.78. The van der Waals surface area contributed by atoms with Crippen LogP contribution in [0.25, 0.3) is 5.69 Å². The number of rotatable bonds is 6. The van der Waals surface area contributed by atoms with Gasteiger partial charge in [0.1, 0.15) is 0 Å². The fraction of sp³-hybridized carbons (Fsp3) is 0.381. The first-order chi connectivity index (χ1) is 13.2. The Morgan fingerprint density at radius 1 is 1.19 bits per heavy atom. The average molecular weight is 365 g/mol. The molecule has 1 fully saturated rings. The Hall–Kier alpha value is -2.89. The first-order valence-corrected chi connectivity index (χ1v) is 9.51. The molecule has 1 aromatic heterocycles.